The summed E-state index contributed by atoms with van der Waals surface area (Å²) in [4.78, 5) is 14.3. The zero-order valence-electron chi connectivity index (χ0n) is 13.7. The molecule has 1 aromatic rings. The van der Waals surface area contributed by atoms with Crippen LogP contribution < -0.4 is 5.73 Å². The van der Waals surface area contributed by atoms with Crippen LogP contribution in [0.3, 0.4) is 0 Å². The van der Waals surface area contributed by atoms with Crippen molar-refractivity contribution in [3.05, 3.63) is 35.4 Å². The van der Waals surface area contributed by atoms with Crippen molar-refractivity contribution in [2.45, 2.75) is 44.7 Å². The summed E-state index contributed by atoms with van der Waals surface area (Å²) >= 11 is 0. The van der Waals surface area contributed by atoms with E-state index in [0.717, 1.165) is 5.56 Å². The summed E-state index contributed by atoms with van der Waals surface area (Å²) in [6, 6.07) is 8.44. The summed E-state index contributed by atoms with van der Waals surface area (Å²) < 4.78 is 5.30. The minimum absolute atomic E-state index is 0. The molecule has 5 heteroatoms. The second-order valence-electron chi connectivity index (χ2n) is 6.33. The van der Waals surface area contributed by atoms with E-state index in [1.165, 1.54) is 5.56 Å². The first kappa shape index (κ1) is 18.9. The number of benzene rings is 1. The molecule has 1 fully saturated rings. The monoisotopic (exact) mass is 326 g/mol. The third-order valence-corrected chi connectivity index (χ3v) is 4.22. The molecule has 0 aromatic heterocycles. The highest BCUT2D eigenvalue weighted by atomic mass is 35.5. The maximum absolute atomic E-state index is 12.5. The van der Waals surface area contributed by atoms with E-state index in [4.69, 9.17) is 10.5 Å². The van der Waals surface area contributed by atoms with Crippen LogP contribution in [0.15, 0.2) is 24.3 Å². The number of ether oxygens (including phenoxy) is 1. The van der Waals surface area contributed by atoms with Gasteiger partial charge in [0.05, 0.1) is 5.54 Å². The van der Waals surface area contributed by atoms with E-state index in [0.29, 0.717) is 38.5 Å². The van der Waals surface area contributed by atoms with Crippen molar-refractivity contribution < 1.29 is 9.53 Å². The predicted octanol–water partition coefficient (Wildman–Crippen LogP) is 2.70. The highest BCUT2D eigenvalue weighted by molar-refractivity contribution is 5.86. The van der Waals surface area contributed by atoms with Crippen molar-refractivity contribution in [1.82, 2.24) is 4.90 Å². The SMILES string of the molecule is CC(C)c1ccc(CN(C)C(=O)C2(N)CCOCC2)cc1.Cl. The van der Waals surface area contributed by atoms with Crippen LogP contribution in [-0.4, -0.2) is 36.6 Å². The van der Waals surface area contributed by atoms with Gasteiger partial charge in [-0.05, 0) is 29.9 Å². The Labute approximate surface area is 139 Å². The molecule has 124 valence electrons. The Morgan fingerprint density at radius 1 is 1.27 bits per heavy atom. The fourth-order valence-electron chi connectivity index (χ4n) is 2.68. The van der Waals surface area contributed by atoms with Gasteiger partial charge in [-0.15, -0.1) is 12.4 Å². The average molecular weight is 327 g/mol. The van der Waals surface area contributed by atoms with Gasteiger partial charge in [0, 0.05) is 26.8 Å². The molecule has 0 aliphatic carbocycles. The average Bonchev–Trinajstić information content (AvgIpc) is 2.47. The van der Waals surface area contributed by atoms with Gasteiger partial charge in [-0.3, -0.25) is 4.79 Å². The smallest absolute Gasteiger partial charge is 0.242 e. The number of carbonyl (C=O) groups excluding carboxylic acids is 1. The number of nitrogens with two attached hydrogens (primary N) is 1. The van der Waals surface area contributed by atoms with Crippen LogP contribution in [0.5, 0.6) is 0 Å². The van der Waals surface area contributed by atoms with Crippen LogP contribution in [-0.2, 0) is 16.1 Å². The van der Waals surface area contributed by atoms with E-state index in [1.807, 2.05) is 7.05 Å². The van der Waals surface area contributed by atoms with Crippen LogP contribution in [0.1, 0.15) is 43.7 Å². The zero-order valence-corrected chi connectivity index (χ0v) is 14.5. The summed E-state index contributed by atoms with van der Waals surface area (Å²) in [5.41, 5.74) is 7.93. The third-order valence-electron chi connectivity index (χ3n) is 4.22. The molecule has 1 heterocycles. The van der Waals surface area contributed by atoms with Gasteiger partial charge >= 0.3 is 0 Å². The Kier molecular flexibility index (Phi) is 6.85. The van der Waals surface area contributed by atoms with Gasteiger partial charge in [0.25, 0.3) is 0 Å². The quantitative estimate of drug-likeness (QED) is 0.925. The largest absolute Gasteiger partial charge is 0.381 e. The van der Waals surface area contributed by atoms with E-state index < -0.39 is 5.54 Å². The number of hydrogen-bond acceptors (Lipinski definition) is 3. The summed E-state index contributed by atoms with van der Waals surface area (Å²) in [6.45, 7) is 6.08. The Bertz CT molecular complexity index is 482. The van der Waals surface area contributed by atoms with Crippen molar-refractivity contribution in [2.75, 3.05) is 20.3 Å². The Morgan fingerprint density at radius 2 is 1.82 bits per heavy atom. The summed E-state index contributed by atoms with van der Waals surface area (Å²) in [6.07, 6.45) is 1.20. The number of hydrogen-bond donors (Lipinski definition) is 1. The summed E-state index contributed by atoms with van der Waals surface area (Å²) in [5, 5.41) is 0. The van der Waals surface area contributed by atoms with Gasteiger partial charge in [0.2, 0.25) is 5.91 Å². The van der Waals surface area contributed by atoms with Crippen LogP contribution in [0.25, 0.3) is 0 Å². The lowest BCUT2D eigenvalue weighted by Gasteiger charge is -2.35. The zero-order chi connectivity index (χ0) is 15.5. The lowest BCUT2D eigenvalue weighted by atomic mass is 9.89. The third kappa shape index (κ3) is 4.45. The lowest BCUT2D eigenvalue weighted by Crippen LogP contribution is -2.57. The first-order valence-electron chi connectivity index (χ1n) is 7.63. The molecule has 1 amide bonds. The molecule has 2 N–H and O–H groups in total. The Hall–Kier alpha value is -1.10. The molecule has 0 bridgehead atoms. The predicted molar refractivity (Wildman–Crippen MR) is 91.2 cm³/mol. The van der Waals surface area contributed by atoms with Crippen molar-refractivity contribution >= 4 is 18.3 Å². The van der Waals surface area contributed by atoms with E-state index in [-0.39, 0.29) is 18.3 Å². The van der Waals surface area contributed by atoms with Crippen LogP contribution >= 0.6 is 12.4 Å². The van der Waals surface area contributed by atoms with Crippen molar-refractivity contribution in [2.24, 2.45) is 5.73 Å². The first-order chi connectivity index (χ1) is 9.92. The number of likely N-dealkylation sites (N-methyl/N-ethyl adjacent to an activating group) is 1. The second kappa shape index (κ2) is 7.95. The van der Waals surface area contributed by atoms with E-state index >= 15 is 0 Å². The molecule has 0 atom stereocenters. The summed E-state index contributed by atoms with van der Waals surface area (Å²) in [7, 11) is 1.82. The molecule has 1 saturated heterocycles. The highest BCUT2D eigenvalue weighted by Gasteiger charge is 2.37. The number of halogens is 1. The molecule has 0 unspecified atom stereocenters. The standard InChI is InChI=1S/C17H26N2O2.ClH/c1-13(2)15-6-4-14(5-7-15)12-19(3)16(20)17(18)8-10-21-11-9-17;/h4-7,13H,8-12,18H2,1-3H3;1H. The molecule has 1 aromatic carbocycles. The normalized spacial score (nSPS) is 17.0. The van der Waals surface area contributed by atoms with Crippen molar-refractivity contribution in [1.29, 1.82) is 0 Å². The Balaban J connectivity index is 0.00000242. The lowest BCUT2D eigenvalue weighted by molar-refractivity contribution is -0.139. The topological polar surface area (TPSA) is 55.6 Å². The summed E-state index contributed by atoms with van der Waals surface area (Å²) in [5.74, 6) is 0.534. The first-order valence-corrected chi connectivity index (χ1v) is 7.63. The number of carbonyl (C=O) groups is 1. The fraction of sp³-hybridized carbons (Fsp3) is 0.588. The molecule has 0 spiro atoms. The molecule has 1 aliphatic heterocycles. The molecular weight excluding hydrogens is 300 g/mol. The van der Waals surface area contributed by atoms with E-state index in [9.17, 15) is 4.79 Å². The number of rotatable bonds is 4. The van der Waals surface area contributed by atoms with Gasteiger partial charge in [0.15, 0.2) is 0 Å². The van der Waals surface area contributed by atoms with Crippen molar-refractivity contribution in [3.63, 3.8) is 0 Å². The van der Waals surface area contributed by atoms with E-state index in [1.54, 1.807) is 4.90 Å². The van der Waals surface area contributed by atoms with Gasteiger partial charge in [-0.2, -0.15) is 0 Å². The van der Waals surface area contributed by atoms with Gasteiger partial charge < -0.3 is 15.4 Å². The molecule has 1 aliphatic rings. The molecule has 2 rings (SSSR count). The van der Waals surface area contributed by atoms with Gasteiger partial charge in [0.1, 0.15) is 0 Å². The minimum Gasteiger partial charge on any atom is -0.381 e. The molecule has 0 radical (unpaired) electrons. The van der Waals surface area contributed by atoms with Gasteiger partial charge in [-0.25, -0.2) is 0 Å². The minimum atomic E-state index is -0.759. The van der Waals surface area contributed by atoms with E-state index in [2.05, 4.69) is 38.1 Å². The Morgan fingerprint density at radius 3 is 2.32 bits per heavy atom. The van der Waals surface area contributed by atoms with Crippen molar-refractivity contribution in [3.8, 4) is 0 Å². The maximum Gasteiger partial charge on any atom is 0.242 e. The second-order valence-corrected chi connectivity index (χ2v) is 6.33. The fourth-order valence-corrected chi connectivity index (χ4v) is 2.68. The van der Waals surface area contributed by atoms with Crippen LogP contribution in [0.4, 0.5) is 0 Å². The van der Waals surface area contributed by atoms with Gasteiger partial charge in [-0.1, -0.05) is 38.1 Å². The highest BCUT2D eigenvalue weighted by Crippen LogP contribution is 2.21. The maximum atomic E-state index is 12.5. The number of amides is 1. The molecule has 4 nitrogen and oxygen atoms in total. The number of nitrogens with zero attached hydrogens (tertiary/aromatic N) is 1. The molecule has 22 heavy (non-hydrogen) atoms. The molecule has 0 saturated carbocycles. The molecular formula is C17H27ClN2O2. The van der Waals surface area contributed by atoms with Crippen LogP contribution in [0.2, 0.25) is 0 Å². The van der Waals surface area contributed by atoms with Crippen LogP contribution in [0, 0.1) is 0 Å².